The van der Waals surface area contributed by atoms with Gasteiger partial charge in [-0.05, 0) is 12.0 Å². The van der Waals surface area contributed by atoms with Gasteiger partial charge in [-0.25, -0.2) is 13.6 Å². The third-order valence-electron chi connectivity index (χ3n) is 5.74. The zero-order valence-corrected chi connectivity index (χ0v) is 20.3. The molecule has 1 saturated heterocycles. The second-order valence-electron chi connectivity index (χ2n) is 8.51. The van der Waals surface area contributed by atoms with Crippen molar-refractivity contribution in [2.24, 2.45) is 0 Å². The lowest BCUT2D eigenvalue weighted by atomic mass is 9.99. The molecule has 1 aliphatic rings. The quantitative estimate of drug-likeness (QED) is 0.447. The third kappa shape index (κ3) is 7.54. The molecule has 2 heterocycles. The van der Waals surface area contributed by atoms with Crippen LogP contribution in [-0.4, -0.2) is 77.1 Å². The number of hydrogen-bond donors (Lipinski definition) is 2. The maximum absolute atomic E-state index is 15.0. The molecule has 2 aromatic rings. The molecule has 0 radical (unpaired) electrons. The number of benzene rings is 1. The fourth-order valence-corrected chi connectivity index (χ4v) is 3.75. The van der Waals surface area contributed by atoms with E-state index in [1.54, 1.807) is 44.2 Å². The molecule has 1 aliphatic heterocycles. The van der Waals surface area contributed by atoms with Crippen LogP contribution in [0.4, 0.5) is 13.6 Å². The fraction of sp³-hybridized carbons (Fsp3) is 0.542. The van der Waals surface area contributed by atoms with Crippen molar-refractivity contribution in [3.8, 4) is 0 Å². The first-order valence-electron chi connectivity index (χ1n) is 11.9. The maximum Gasteiger partial charge on any atom is 0.318 e. The van der Waals surface area contributed by atoms with Crippen LogP contribution in [0.2, 0.25) is 0 Å². The number of carbonyl (C=O) groups excluding carboxylic acids is 3. The molecule has 1 aromatic heterocycles. The van der Waals surface area contributed by atoms with Gasteiger partial charge in [-0.15, -0.1) is 10.2 Å². The summed E-state index contributed by atoms with van der Waals surface area (Å²) in [5.74, 6) is -4.86. The van der Waals surface area contributed by atoms with Crippen molar-refractivity contribution in [1.29, 1.82) is 0 Å². The predicted octanol–water partition coefficient (Wildman–Crippen LogP) is 2.39. The van der Waals surface area contributed by atoms with Gasteiger partial charge < -0.3 is 24.7 Å². The van der Waals surface area contributed by atoms with Gasteiger partial charge in [0, 0.05) is 32.4 Å². The van der Waals surface area contributed by atoms with Crippen LogP contribution < -0.4 is 10.6 Å². The molecule has 12 heteroatoms. The summed E-state index contributed by atoms with van der Waals surface area (Å²) in [6.45, 7) is 4.58. The van der Waals surface area contributed by atoms with Crippen molar-refractivity contribution in [3.63, 3.8) is 0 Å². The number of aromatic nitrogens is 2. The van der Waals surface area contributed by atoms with Gasteiger partial charge in [-0.3, -0.25) is 9.59 Å². The number of ether oxygens (including phenoxy) is 1. The summed E-state index contributed by atoms with van der Waals surface area (Å²) < 4.78 is 40.6. The minimum atomic E-state index is -3.31. The van der Waals surface area contributed by atoms with Gasteiger partial charge >= 0.3 is 6.03 Å². The summed E-state index contributed by atoms with van der Waals surface area (Å²) in [6.07, 6.45) is -0.980. The van der Waals surface area contributed by atoms with Crippen LogP contribution in [0.1, 0.15) is 48.8 Å². The smallest absolute Gasteiger partial charge is 0.318 e. The van der Waals surface area contributed by atoms with E-state index < -0.39 is 48.6 Å². The first kappa shape index (κ1) is 27.2. The predicted molar refractivity (Wildman–Crippen MR) is 125 cm³/mol. The molecule has 0 aliphatic carbocycles. The number of amides is 3. The normalized spacial score (nSPS) is 15.7. The van der Waals surface area contributed by atoms with Gasteiger partial charge in [0.15, 0.2) is 0 Å². The van der Waals surface area contributed by atoms with Crippen LogP contribution >= 0.6 is 0 Å². The maximum atomic E-state index is 15.0. The monoisotopic (exact) mass is 507 g/mol. The summed E-state index contributed by atoms with van der Waals surface area (Å²) in [4.78, 5) is 40.1. The Morgan fingerprint density at radius 1 is 1.06 bits per heavy atom. The molecule has 0 bridgehead atoms. The topological polar surface area (TPSA) is 127 Å². The van der Waals surface area contributed by atoms with E-state index in [0.29, 0.717) is 25.2 Å². The van der Waals surface area contributed by atoms with Crippen molar-refractivity contribution >= 4 is 17.7 Å². The number of urea groups is 1. The van der Waals surface area contributed by atoms with E-state index in [2.05, 4.69) is 20.8 Å². The number of nitrogens with zero attached hydrogens (tertiary/aromatic N) is 3. The number of Topliss-reactive ketones (excluding diaryl/α,β-unsaturated/α-hetero) is 1. The van der Waals surface area contributed by atoms with Crippen molar-refractivity contribution < 1.29 is 32.3 Å². The van der Waals surface area contributed by atoms with Crippen molar-refractivity contribution in [1.82, 2.24) is 25.7 Å². The second kappa shape index (κ2) is 12.5. The second-order valence-corrected chi connectivity index (χ2v) is 8.51. The summed E-state index contributed by atoms with van der Waals surface area (Å²) >= 11 is 0. The molecule has 10 nitrogen and oxygen atoms in total. The van der Waals surface area contributed by atoms with Crippen LogP contribution in [0.25, 0.3) is 0 Å². The van der Waals surface area contributed by atoms with Gasteiger partial charge in [0.25, 0.3) is 11.8 Å². The Morgan fingerprint density at radius 2 is 1.75 bits per heavy atom. The molecule has 36 heavy (non-hydrogen) atoms. The molecule has 2 atom stereocenters. The minimum absolute atomic E-state index is 0.152. The summed E-state index contributed by atoms with van der Waals surface area (Å²) in [5, 5.41) is 12.3. The average Bonchev–Trinajstić information content (AvgIpc) is 3.36. The number of morpholine rings is 1. The fourth-order valence-electron chi connectivity index (χ4n) is 3.75. The highest BCUT2D eigenvalue weighted by molar-refractivity contribution is 5.99. The van der Waals surface area contributed by atoms with Crippen LogP contribution in [-0.2, 0) is 22.4 Å². The Morgan fingerprint density at radius 3 is 2.36 bits per heavy atom. The van der Waals surface area contributed by atoms with E-state index in [9.17, 15) is 14.4 Å². The lowest BCUT2D eigenvalue weighted by molar-refractivity contribution is -0.126. The van der Waals surface area contributed by atoms with E-state index in [1.807, 2.05) is 0 Å². The van der Waals surface area contributed by atoms with Gasteiger partial charge in [0.2, 0.25) is 17.6 Å². The molecule has 3 rings (SSSR count). The van der Waals surface area contributed by atoms with Crippen LogP contribution in [0, 0.1) is 0 Å². The Hall–Kier alpha value is -3.41. The molecule has 3 amide bonds. The summed E-state index contributed by atoms with van der Waals surface area (Å²) in [6, 6.07) is 4.81. The highest BCUT2D eigenvalue weighted by atomic mass is 19.3. The van der Waals surface area contributed by atoms with E-state index in [1.165, 1.54) is 4.90 Å². The largest absolute Gasteiger partial charge is 0.418 e. The zero-order valence-electron chi connectivity index (χ0n) is 20.3. The Kier molecular flexibility index (Phi) is 9.45. The van der Waals surface area contributed by atoms with Gasteiger partial charge in [0.1, 0.15) is 6.04 Å². The SMILES string of the molecule is CCc1nnc(C(=O)[C@H](CC)NC(=O)C(CC(F)(F)Cc2ccccc2)NC(=O)N2CCOCC2)o1. The summed E-state index contributed by atoms with van der Waals surface area (Å²) in [7, 11) is 0. The van der Waals surface area contributed by atoms with E-state index in [0.717, 1.165) is 0 Å². The molecule has 1 fully saturated rings. The van der Waals surface area contributed by atoms with Crippen LogP contribution in [0.15, 0.2) is 34.7 Å². The molecule has 2 N–H and O–H groups in total. The van der Waals surface area contributed by atoms with Gasteiger partial charge in [-0.2, -0.15) is 0 Å². The first-order valence-corrected chi connectivity index (χ1v) is 11.9. The zero-order chi connectivity index (χ0) is 26.1. The minimum Gasteiger partial charge on any atom is -0.418 e. The van der Waals surface area contributed by atoms with Gasteiger partial charge in [-0.1, -0.05) is 44.2 Å². The van der Waals surface area contributed by atoms with Crippen LogP contribution in [0.5, 0.6) is 0 Å². The Balaban J connectivity index is 1.75. The number of ketones is 1. The van der Waals surface area contributed by atoms with Gasteiger partial charge in [0.05, 0.1) is 19.3 Å². The molecule has 1 unspecified atom stereocenters. The average molecular weight is 508 g/mol. The van der Waals surface area contributed by atoms with E-state index in [4.69, 9.17) is 9.15 Å². The molecule has 1 aromatic carbocycles. The summed E-state index contributed by atoms with van der Waals surface area (Å²) in [5.41, 5.74) is 0.394. The number of halogens is 2. The first-order chi connectivity index (χ1) is 17.2. The molecule has 196 valence electrons. The number of alkyl halides is 2. The molecule has 0 spiro atoms. The number of rotatable bonds is 11. The Bertz CT molecular complexity index is 1030. The van der Waals surface area contributed by atoms with E-state index in [-0.39, 0.29) is 31.3 Å². The van der Waals surface area contributed by atoms with Crippen molar-refractivity contribution in [3.05, 3.63) is 47.7 Å². The third-order valence-corrected chi connectivity index (χ3v) is 5.74. The Labute approximate surface area is 207 Å². The van der Waals surface area contributed by atoms with Crippen molar-refractivity contribution in [2.75, 3.05) is 26.3 Å². The van der Waals surface area contributed by atoms with Crippen molar-refractivity contribution in [2.45, 2.75) is 57.5 Å². The van der Waals surface area contributed by atoms with E-state index >= 15 is 8.78 Å². The lowest BCUT2D eigenvalue weighted by Gasteiger charge is -2.30. The molecular weight excluding hydrogens is 476 g/mol. The highest BCUT2D eigenvalue weighted by Gasteiger charge is 2.38. The molecule has 0 saturated carbocycles. The van der Waals surface area contributed by atoms with Crippen LogP contribution in [0.3, 0.4) is 0 Å². The number of carbonyl (C=O) groups is 3. The number of aryl methyl sites for hydroxylation is 1. The lowest BCUT2D eigenvalue weighted by Crippen LogP contribution is -2.56. The number of hydrogen-bond acceptors (Lipinski definition) is 7. The standard InChI is InChI=1S/C24H31F2N5O5/c1-3-17(20(32)22-30-29-19(4-2)36-22)27-21(33)18(28-23(34)31-10-12-35-13-11-31)15-24(25,26)14-16-8-6-5-7-9-16/h5-9,17-18H,3-4,10-15H2,1-2H3,(H,27,33)(H,28,34)/t17-,18?/m0/s1. The number of nitrogens with one attached hydrogen (secondary N) is 2. The highest BCUT2D eigenvalue weighted by Crippen LogP contribution is 2.26. The molecular formula is C24H31F2N5O5.